The van der Waals surface area contributed by atoms with E-state index in [4.69, 9.17) is 0 Å². The van der Waals surface area contributed by atoms with Crippen LogP contribution >= 0.6 is 15.9 Å². The Balaban J connectivity index is 1.75. The van der Waals surface area contributed by atoms with Crippen LogP contribution in [0, 0.1) is 0 Å². The van der Waals surface area contributed by atoms with Crippen LogP contribution in [-0.4, -0.2) is 35.7 Å². The average Bonchev–Trinajstić information content (AvgIpc) is 2.87. The van der Waals surface area contributed by atoms with E-state index in [-0.39, 0.29) is 0 Å². The van der Waals surface area contributed by atoms with E-state index in [0.29, 0.717) is 11.8 Å². The molecule has 1 saturated heterocycles. The summed E-state index contributed by atoms with van der Waals surface area (Å²) in [6.45, 7) is 6.63. The first-order valence-electron chi connectivity index (χ1n) is 6.59. The predicted molar refractivity (Wildman–Crippen MR) is 77.8 cm³/mol. The molecule has 1 unspecified atom stereocenters. The molecule has 0 radical (unpaired) electrons. The molecule has 0 spiro atoms. The SMILES string of the molecule is CC(CNCc1ccc(O)c(Br)c1)N1CCCC1. The smallest absolute Gasteiger partial charge is 0.129 e. The molecule has 0 amide bonds. The third kappa shape index (κ3) is 3.70. The Bertz CT molecular complexity index is 391. The van der Waals surface area contributed by atoms with Gasteiger partial charge in [-0.05, 0) is 66.5 Å². The summed E-state index contributed by atoms with van der Waals surface area (Å²) < 4.78 is 0.759. The highest BCUT2D eigenvalue weighted by Crippen LogP contribution is 2.24. The number of hydrogen-bond donors (Lipinski definition) is 2. The van der Waals surface area contributed by atoms with Crippen LogP contribution in [-0.2, 0) is 6.54 Å². The number of aromatic hydroxyl groups is 1. The molecule has 1 fully saturated rings. The molecule has 1 aliphatic heterocycles. The van der Waals surface area contributed by atoms with Crippen LogP contribution in [0.3, 0.4) is 0 Å². The first-order valence-corrected chi connectivity index (χ1v) is 7.38. The van der Waals surface area contributed by atoms with Crippen LogP contribution in [0.25, 0.3) is 0 Å². The minimum atomic E-state index is 0.296. The maximum Gasteiger partial charge on any atom is 0.129 e. The summed E-state index contributed by atoms with van der Waals surface area (Å²) >= 11 is 3.33. The van der Waals surface area contributed by atoms with Gasteiger partial charge in [-0.3, -0.25) is 4.90 Å². The van der Waals surface area contributed by atoms with Gasteiger partial charge in [0.2, 0.25) is 0 Å². The second-order valence-electron chi connectivity index (χ2n) is 5.01. The molecule has 4 heteroatoms. The highest BCUT2D eigenvalue weighted by molar-refractivity contribution is 9.10. The van der Waals surface area contributed by atoms with Crippen molar-refractivity contribution in [3.63, 3.8) is 0 Å². The van der Waals surface area contributed by atoms with Gasteiger partial charge in [0.1, 0.15) is 5.75 Å². The Morgan fingerprint density at radius 1 is 1.39 bits per heavy atom. The molecule has 3 nitrogen and oxygen atoms in total. The molecule has 0 bridgehead atoms. The fourth-order valence-corrected chi connectivity index (χ4v) is 2.82. The third-order valence-electron chi connectivity index (χ3n) is 3.54. The van der Waals surface area contributed by atoms with Crippen LogP contribution in [0.5, 0.6) is 5.75 Å². The summed E-state index contributed by atoms with van der Waals surface area (Å²) in [7, 11) is 0. The summed E-state index contributed by atoms with van der Waals surface area (Å²) in [5, 5.41) is 12.9. The summed E-state index contributed by atoms with van der Waals surface area (Å²) in [6, 6.07) is 6.25. The van der Waals surface area contributed by atoms with E-state index in [1.807, 2.05) is 12.1 Å². The van der Waals surface area contributed by atoms with Crippen LogP contribution in [0.1, 0.15) is 25.3 Å². The van der Waals surface area contributed by atoms with Crippen molar-refractivity contribution in [2.24, 2.45) is 0 Å². The Labute approximate surface area is 117 Å². The lowest BCUT2D eigenvalue weighted by Crippen LogP contribution is -2.38. The van der Waals surface area contributed by atoms with E-state index in [2.05, 4.69) is 33.1 Å². The summed E-state index contributed by atoms with van der Waals surface area (Å²) in [6.07, 6.45) is 2.69. The van der Waals surface area contributed by atoms with E-state index in [1.165, 1.54) is 31.5 Å². The van der Waals surface area contributed by atoms with Crippen LogP contribution in [0.15, 0.2) is 22.7 Å². The molecule has 2 N–H and O–H groups in total. The van der Waals surface area contributed by atoms with Gasteiger partial charge >= 0.3 is 0 Å². The zero-order chi connectivity index (χ0) is 13.0. The Morgan fingerprint density at radius 3 is 2.78 bits per heavy atom. The normalized spacial score (nSPS) is 18.1. The number of hydrogen-bond acceptors (Lipinski definition) is 3. The van der Waals surface area contributed by atoms with Crippen LogP contribution in [0.2, 0.25) is 0 Å². The molecule has 1 heterocycles. The van der Waals surface area contributed by atoms with Gasteiger partial charge in [-0.25, -0.2) is 0 Å². The quantitative estimate of drug-likeness (QED) is 0.877. The van der Waals surface area contributed by atoms with Gasteiger partial charge in [-0.2, -0.15) is 0 Å². The highest BCUT2D eigenvalue weighted by Gasteiger charge is 2.17. The Hall–Kier alpha value is -0.580. The molecule has 0 saturated carbocycles. The molecular weight excluding hydrogens is 292 g/mol. The van der Waals surface area contributed by atoms with Gasteiger partial charge in [-0.15, -0.1) is 0 Å². The predicted octanol–water partition coefficient (Wildman–Crippen LogP) is 2.73. The molecule has 100 valence electrons. The van der Waals surface area contributed by atoms with Crippen molar-refractivity contribution in [2.75, 3.05) is 19.6 Å². The topological polar surface area (TPSA) is 35.5 Å². The fourth-order valence-electron chi connectivity index (χ4n) is 2.40. The molecule has 0 aromatic heterocycles. The fraction of sp³-hybridized carbons (Fsp3) is 0.571. The molecule has 18 heavy (non-hydrogen) atoms. The van der Waals surface area contributed by atoms with Crippen LogP contribution < -0.4 is 5.32 Å². The van der Waals surface area contributed by atoms with E-state index >= 15 is 0 Å². The number of phenols is 1. The highest BCUT2D eigenvalue weighted by atomic mass is 79.9. The van der Waals surface area contributed by atoms with E-state index in [1.54, 1.807) is 6.07 Å². The van der Waals surface area contributed by atoms with E-state index in [0.717, 1.165) is 17.6 Å². The average molecular weight is 313 g/mol. The second kappa shape index (κ2) is 6.55. The molecular formula is C14H21BrN2O. The van der Waals surface area contributed by atoms with Crippen molar-refractivity contribution in [1.29, 1.82) is 0 Å². The lowest BCUT2D eigenvalue weighted by Gasteiger charge is -2.24. The number of halogens is 1. The second-order valence-corrected chi connectivity index (χ2v) is 5.86. The molecule has 1 aromatic rings. The van der Waals surface area contributed by atoms with Gasteiger partial charge in [0.15, 0.2) is 0 Å². The van der Waals surface area contributed by atoms with Crippen molar-refractivity contribution in [1.82, 2.24) is 10.2 Å². The molecule has 1 aliphatic rings. The van der Waals surface area contributed by atoms with Crippen molar-refractivity contribution in [2.45, 2.75) is 32.4 Å². The maximum atomic E-state index is 9.43. The lowest BCUT2D eigenvalue weighted by molar-refractivity contribution is 0.251. The van der Waals surface area contributed by atoms with Crippen molar-refractivity contribution in [3.8, 4) is 5.75 Å². The van der Waals surface area contributed by atoms with Crippen LogP contribution in [0.4, 0.5) is 0 Å². The van der Waals surface area contributed by atoms with Crippen molar-refractivity contribution in [3.05, 3.63) is 28.2 Å². The summed E-state index contributed by atoms with van der Waals surface area (Å²) in [4.78, 5) is 2.54. The molecule has 0 aliphatic carbocycles. The lowest BCUT2D eigenvalue weighted by atomic mass is 10.2. The maximum absolute atomic E-state index is 9.43. The number of rotatable bonds is 5. The zero-order valence-electron chi connectivity index (χ0n) is 10.8. The first kappa shape index (κ1) is 13.8. The largest absolute Gasteiger partial charge is 0.507 e. The first-order chi connectivity index (χ1) is 8.66. The molecule has 2 rings (SSSR count). The van der Waals surface area contributed by atoms with Crippen molar-refractivity contribution >= 4 is 15.9 Å². The van der Waals surface area contributed by atoms with Crippen molar-refractivity contribution < 1.29 is 5.11 Å². The number of nitrogens with one attached hydrogen (secondary N) is 1. The minimum absolute atomic E-state index is 0.296. The minimum Gasteiger partial charge on any atom is -0.507 e. The third-order valence-corrected chi connectivity index (χ3v) is 4.18. The number of nitrogens with zero attached hydrogens (tertiary/aromatic N) is 1. The Kier molecular flexibility index (Phi) is 5.03. The monoisotopic (exact) mass is 312 g/mol. The Morgan fingerprint density at radius 2 is 2.11 bits per heavy atom. The van der Waals surface area contributed by atoms with Gasteiger partial charge in [-0.1, -0.05) is 6.07 Å². The zero-order valence-corrected chi connectivity index (χ0v) is 12.4. The summed E-state index contributed by atoms with van der Waals surface area (Å²) in [5.74, 6) is 0.296. The summed E-state index contributed by atoms with van der Waals surface area (Å²) in [5.41, 5.74) is 1.19. The van der Waals surface area contributed by atoms with Gasteiger partial charge in [0, 0.05) is 19.1 Å². The number of likely N-dealkylation sites (tertiary alicyclic amines) is 1. The van der Waals surface area contributed by atoms with Gasteiger partial charge in [0.05, 0.1) is 4.47 Å². The number of benzene rings is 1. The number of phenolic OH excluding ortho intramolecular Hbond substituents is 1. The molecule has 1 atom stereocenters. The van der Waals surface area contributed by atoms with E-state index in [9.17, 15) is 5.11 Å². The standard InChI is InChI=1S/C14H21BrN2O/c1-11(17-6-2-3-7-17)9-16-10-12-4-5-14(18)13(15)8-12/h4-5,8,11,16,18H,2-3,6-7,9-10H2,1H3. The van der Waals surface area contributed by atoms with E-state index < -0.39 is 0 Å². The van der Waals surface area contributed by atoms with Gasteiger partial charge < -0.3 is 10.4 Å². The van der Waals surface area contributed by atoms with Gasteiger partial charge in [0.25, 0.3) is 0 Å². The molecule has 1 aromatic carbocycles.